The summed E-state index contributed by atoms with van der Waals surface area (Å²) in [7, 11) is 0. The molecule has 0 aliphatic rings. The average Bonchev–Trinajstić information content (AvgIpc) is 2.74. The number of carbonyl (C=O) groups is 1. The summed E-state index contributed by atoms with van der Waals surface area (Å²) in [5, 5.41) is 0. The first-order valence-corrected chi connectivity index (χ1v) is 9.73. The Morgan fingerprint density at radius 1 is 0.897 bits per heavy atom. The van der Waals surface area contributed by atoms with Crippen molar-refractivity contribution in [2.24, 2.45) is 0 Å². The largest absolute Gasteiger partial charge is 0.463 e. The maximum atomic E-state index is 11.8. The van der Waals surface area contributed by atoms with Gasteiger partial charge in [0.25, 0.3) is 0 Å². The fourth-order valence-electron chi connectivity index (χ4n) is 3.20. The first-order chi connectivity index (χ1) is 14.2. The van der Waals surface area contributed by atoms with Gasteiger partial charge in [-0.25, -0.2) is 4.79 Å². The maximum Gasteiger partial charge on any atom is 0.330 e. The van der Waals surface area contributed by atoms with E-state index in [0.717, 1.165) is 24.3 Å². The van der Waals surface area contributed by atoms with Gasteiger partial charge < -0.3 is 15.4 Å². The number of nitrogens with zero attached hydrogens (tertiary/aromatic N) is 1. The van der Waals surface area contributed by atoms with E-state index in [0.29, 0.717) is 12.3 Å². The molecule has 0 aromatic heterocycles. The first-order valence-electron chi connectivity index (χ1n) is 9.73. The van der Waals surface area contributed by atoms with Crippen LogP contribution in [0.5, 0.6) is 0 Å². The monoisotopic (exact) mass is 386 g/mol. The summed E-state index contributed by atoms with van der Waals surface area (Å²) in [6, 6.07) is 26.4. The molecule has 2 N–H and O–H groups in total. The van der Waals surface area contributed by atoms with E-state index in [1.807, 2.05) is 54.6 Å². The zero-order valence-corrected chi connectivity index (χ0v) is 16.6. The van der Waals surface area contributed by atoms with Gasteiger partial charge in [0.2, 0.25) is 0 Å². The van der Waals surface area contributed by atoms with Gasteiger partial charge in [-0.1, -0.05) is 66.7 Å². The molecule has 148 valence electrons. The van der Waals surface area contributed by atoms with Crippen LogP contribution in [-0.2, 0) is 22.6 Å². The van der Waals surface area contributed by atoms with Crippen molar-refractivity contribution in [2.75, 3.05) is 17.2 Å². The predicted octanol–water partition coefficient (Wildman–Crippen LogP) is 5.05. The third-order valence-corrected chi connectivity index (χ3v) is 4.56. The second-order valence-electron chi connectivity index (χ2n) is 6.69. The van der Waals surface area contributed by atoms with Crippen molar-refractivity contribution in [1.29, 1.82) is 0 Å². The van der Waals surface area contributed by atoms with Gasteiger partial charge in [0.15, 0.2) is 0 Å². The van der Waals surface area contributed by atoms with Crippen molar-refractivity contribution in [1.82, 2.24) is 0 Å². The Kier molecular flexibility index (Phi) is 7.06. The van der Waals surface area contributed by atoms with Gasteiger partial charge in [-0.05, 0) is 36.3 Å². The molecule has 0 radical (unpaired) electrons. The quantitative estimate of drug-likeness (QED) is 0.334. The molecule has 4 heteroatoms. The lowest BCUT2D eigenvalue weighted by atomic mass is 10.1. The van der Waals surface area contributed by atoms with Crippen molar-refractivity contribution in [3.05, 3.63) is 102 Å². The van der Waals surface area contributed by atoms with E-state index in [9.17, 15) is 4.79 Å². The molecule has 0 saturated heterocycles. The minimum absolute atomic E-state index is 0.342. The topological polar surface area (TPSA) is 55.6 Å². The van der Waals surface area contributed by atoms with E-state index < -0.39 is 0 Å². The number of nitrogens with two attached hydrogens (primary N) is 1. The Morgan fingerprint density at radius 3 is 2.03 bits per heavy atom. The van der Waals surface area contributed by atoms with Crippen LogP contribution in [0.15, 0.2) is 84.9 Å². The van der Waals surface area contributed by atoms with Crippen LogP contribution in [0.25, 0.3) is 6.08 Å². The van der Waals surface area contributed by atoms with Crippen molar-refractivity contribution in [3.8, 4) is 0 Å². The molecule has 4 nitrogen and oxygen atoms in total. The highest BCUT2D eigenvalue weighted by Crippen LogP contribution is 2.30. The fraction of sp³-hybridized carbons (Fsp3) is 0.160. The summed E-state index contributed by atoms with van der Waals surface area (Å²) in [6.45, 7) is 3.57. The Labute approximate surface area is 172 Å². The number of rotatable bonds is 8. The summed E-state index contributed by atoms with van der Waals surface area (Å²) in [5.41, 5.74) is 11.1. The van der Waals surface area contributed by atoms with Crippen LogP contribution in [0.4, 0.5) is 11.4 Å². The summed E-state index contributed by atoms with van der Waals surface area (Å²) in [5.74, 6) is -0.376. The van der Waals surface area contributed by atoms with Crippen molar-refractivity contribution in [2.45, 2.75) is 20.0 Å². The zero-order valence-electron chi connectivity index (χ0n) is 16.6. The second kappa shape index (κ2) is 10.1. The number of hydrogen-bond acceptors (Lipinski definition) is 4. The van der Waals surface area contributed by atoms with Crippen LogP contribution in [0.3, 0.4) is 0 Å². The fourth-order valence-corrected chi connectivity index (χ4v) is 3.20. The molecule has 0 atom stereocenters. The maximum absolute atomic E-state index is 11.8. The number of nitrogen functional groups attached to an aromatic ring is 1. The van der Waals surface area contributed by atoms with Gasteiger partial charge in [0.1, 0.15) is 0 Å². The summed E-state index contributed by atoms with van der Waals surface area (Å²) < 4.78 is 5.01. The molecule has 0 fully saturated rings. The van der Waals surface area contributed by atoms with Gasteiger partial charge in [0.05, 0.1) is 6.61 Å². The third-order valence-electron chi connectivity index (χ3n) is 4.56. The SMILES string of the molecule is CCOC(=O)C=Cc1c(N)cccc1N(Cc1ccccc1)Cc1ccccc1. The first kappa shape index (κ1) is 20.2. The lowest BCUT2D eigenvalue weighted by molar-refractivity contribution is -0.137. The van der Waals surface area contributed by atoms with Crippen molar-refractivity contribution in [3.63, 3.8) is 0 Å². The minimum atomic E-state index is -0.376. The minimum Gasteiger partial charge on any atom is -0.463 e. The number of carbonyl (C=O) groups excluding carboxylic acids is 1. The molecule has 0 heterocycles. The van der Waals surface area contributed by atoms with Gasteiger partial charge in [-0.15, -0.1) is 0 Å². The Morgan fingerprint density at radius 2 is 1.48 bits per heavy atom. The van der Waals surface area contributed by atoms with E-state index in [2.05, 4.69) is 29.2 Å². The van der Waals surface area contributed by atoms with E-state index >= 15 is 0 Å². The summed E-state index contributed by atoms with van der Waals surface area (Å²) in [6.07, 6.45) is 3.17. The number of ether oxygens (including phenoxy) is 1. The average molecular weight is 386 g/mol. The highest BCUT2D eigenvalue weighted by atomic mass is 16.5. The molecular weight excluding hydrogens is 360 g/mol. The van der Waals surface area contributed by atoms with Crippen molar-refractivity contribution < 1.29 is 9.53 Å². The van der Waals surface area contributed by atoms with Crippen LogP contribution in [0.1, 0.15) is 23.6 Å². The normalized spacial score (nSPS) is 10.8. The molecular formula is C25H26N2O2. The van der Waals surface area contributed by atoms with Crippen LogP contribution in [0.2, 0.25) is 0 Å². The van der Waals surface area contributed by atoms with Crippen LogP contribution in [0, 0.1) is 0 Å². The number of benzene rings is 3. The molecule has 0 amide bonds. The van der Waals surface area contributed by atoms with Crippen LogP contribution in [-0.4, -0.2) is 12.6 Å². The standard InChI is InChI=1S/C25H26N2O2/c1-2-29-25(28)17-16-22-23(26)14-9-15-24(22)27(18-20-10-5-3-6-11-20)19-21-12-7-4-8-13-21/h3-17H,2,18-19,26H2,1H3. The van der Waals surface area contributed by atoms with E-state index in [1.165, 1.54) is 17.2 Å². The van der Waals surface area contributed by atoms with Gasteiger partial charge >= 0.3 is 5.97 Å². The number of anilines is 2. The van der Waals surface area contributed by atoms with Gasteiger partial charge in [-0.2, -0.15) is 0 Å². The Balaban J connectivity index is 1.98. The molecule has 3 aromatic carbocycles. The summed E-state index contributed by atoms with van der Waals surface area (Å²) >= 11 is 0. The highest BCUT2D eigenvalue weighted by molar-refractivity contribution is 5.90. The molecule has 3 aromatic rings. The molecule has 0 unspecified atom stereocenters. The van der Waals surface area contributed by atoms with Crippen LogP contribution >= 0.6 is 0 Å². The third kappa shape index (κ3) is 5.72. The van der Waals surface area contributed by atoms with Crippen LogP contribution < -0.4 is 10.6 Å². The predicted molar refractivity (Wildman–Crippen MR) is 119 cm³/mol. The van der Waals surface area contributed by atoms with Gasteiger partial charge in [0, 0.05) is 36.1 Å². The molecule has 0 aliphatic carbocycles. The Bertz CT molecular complexity index is 912. The van der Waals surface area contributed by atoms with Crippen molar-refractivity contribution >= 4 is 23.4 Å². The smallest absolute Gasteiger partial charge is 0.330 e. The molecule has 0 bridgehead atoms. The molecule has 0 saturated carbocycles. The van der Waals surface area contributed by atoms with E-state index in [-0.39, 0.29) is 5.97 Å². The lowest BCUT2D eigenvalue weighted by Crippen LogP contribution is -2.23. The second-order valence-corrected chi connectivity index (χ2v) is 6.69. The van der Waals surface area contributed by atoms with E-state index in [4.69, 9.17) is 10.5 Å². The molecule has 3 rings (SSSR count). The lowest BCUT2D eigenvalue weighted by Gasteiger charge is -2.27. The van der Waals surface area contributed by atoms with E-state index in [1.54, 1.807) is 13.0 Å². The molecule has 0 spiro atoms. The molecule has 0 aliphatic heterocycles. The zero-order chi connectivity index (χ0) is 20.5. The highest BCUT2D eigenvalue weighted by Gasteiger charge is 2.14. The number of esters is 1. The Hall–Kier alpha value is -3.53. The summed E-state index contributed by atoms with van der Waals surface area (Å²) in [4.78, 5) is 14.1. The number of hydrogen-bond donors (Lipinski definition) is 1. The molecule has 29 heavy (non-hydrogen) atoms. The van der Waals surface area contributed by atoms with Gasteiger partial charge in [-0.3, -0.25) is 0 Å².